The van der Waals surface area contributed by atoms with Gasteiger partial charge in [-0.05, 0) is 43.5 Å². The standard InChI is InChI=1S/C18H23N3O3/c1-14(24-13-17-4-2-11-23-17)18(22)19-12-15-5-7-16(8-6-15)21-10-3-9-20-21/h3,5-10,14,17H,2,4,11-13H2,1H3,(H,19,22)/t14-,17-/m0/s1. The molecule has 2 atom stereocenters. The molecule has 1 aromatic heterocycles. The molecule has 2 heterocycles. The predicted octanol–water partition coefficient (Wildman–Crippen LogP) is 2.07. The number of amides is 1. The zero-order valence-electron chi connectivity index (χ0n) is 13.9. The fraction of sp³-hybridized carbons (Fsp3) is 0.444. The van der Waals surface area contributed by atoms with Crippen molar-refractivity contribution in [2.45, 2.75) is 38.5 Å². The first-order chi connectivity index (χ1) is 11.7. The molecule has 128 valence electrons. The molecule has 1 aromatic carbocycles. The smallest absolute Gasteiger partial charge is 0.249 e. The van der Waals surface area contributed by atoms with Gasteiger partial charge in [0.05, 0.1) is 18.4 Å². The summed E-state index contributed by atoms with van der Waals surface area (Å²) in [6, 6.07) is 9.80. The van der Waals surface area contributed by atoms with Gasteiger partial charge in [0.1, 0.15) is 6.10 Å². The van der Waals surface area contributed by atoms with Gasteiger partial charge in [0.25, 0.3) is 0 Å². The van der Waals surface area contributed by atoms with Gasteiger partial charge in [-0.1, -0.05) is 12.1 Å². The normalized spacial score (nSPS) is 18.5. The average Bonchev–Trinajstić information content (AvgIpc) is 3.31. The summed E-state index contributed by atoms with van der Waals surface area (Å²) in [5.41, 5.74) is 2.02. The van der Waals surface area contributed by atoms with Crippen molar-refractivity contribution in [3.8, 4) is 5.69 Å². The first-order valence-electron chi connectivity index (χ1n) is 8.32. The number of benzene rings is 1. The van der Waals surface area contributed by atoms with Gasteiger partial charge in [-0.3, -0.25) is 4.79 Å². The van der Waals surface area contributed by atoms with E-state index in [9.17, 15) is 4.79 Å². The van der Waals surface area contributed by atoms with Crippen LogP contribution in [0.3, 0.4) is 0 Å². The van der Waals surface area contributed by atoms with Crippen LogP contribution in [0.2, 0.25) is 0 Å². The number of hydrogen-bond acceptors (Lipinski definition) is 4. The highest BCUT2D eigenvalue weighted by Gasteiger charge is 2.19. The van der Waals surface area contributed by atoms with E-state index < -0.39 is 6.10 Å². The molecule has 6 heteroatoms. The second-order valence-electron chi connectivity index (χ2n) is 5.95. The maximum absolute atomic E-state index is 12.1. The van der Waals surface area contributed by atoms with Crippen molar-refractivity contribution in [3.05, 3.63) is 48.3 Å². The largest absolute Gasteiger partial charge is 0.376 e. The van der Waals surface area contributed by atoms with E-state index in [1.165, 1.54) is 0 Å². The Hall–Kier alpha value is -2.18. The van der Waals surface area contributed by atoms with Crippen molar-refractivity contribution in [2.75, 3.05) is 13.2 Å². The monoisotopic (exact) mass is 329 g/mol. The molecule has 0 aliphatic carbocycles. The van der Waals surface area contributed by atoms with Crippen molar-refractivity contribution in [3.63, 3.8) is 0 Å². The van der Waals surface area contributed by atoms with Gasteiger partial charge in [-0.25, -0.2) is 4.68 Å². The van der Waals surface area contributed by atoms with E-state index in [0.717, 1.165) is 30.7 Å². The number of ether oxygens (including phenoxy) is 2. The van der Waals surface area contributed by atoms with Crippen LogP contribution in [0.1, 0.15) is 25.3 Å². The maximum Gasteiger partial charge on any atom is 0.249 e. The Morgan fingerprint density at radius 2 is 2.29 bits per heavy atom. The molecule has 1 aliphatic heterocycles. The summed E-state index contributed by atoms with van der Waals surface area (Å²) in [4.78, 5) is 12.1. The number of nitrogens with zero attached hydrogens (tertiary/aromatic N) is 2. The van der Waals surface area contributed by atoms with Crippen LogP contribution >= 0.6 is 0 Å². The van der Waals surface area contributed by atoms with Crippen LogP contribution in [0.15, 0.2) is 42.7 Å². The molecule has 1 fully saturated rings. The lowest BCUT2D eigenvalue weighted by molar-refractivity contribution is -0.133. The van der Waals surface area contributed by atoms with Crippen LogP contribution in [0.4, 0.5) is 0 Å². The van der Waals surface area contributed by atoms with Gasteiger partial charge in [-0.15, -0.1) is 0 Å². The van der Waals surface area contributed by atoms with E-state index in [2.05, 4.69) is 10.4 Å². The quantitative estimate of drug-likeness (QED) is 0.844. The minimum Gasteiger partial charge on any atom is -0.376 e. The molecule has 2 aromatic rings. The Kier molecular flexibility index (Phi) is 5.61. The van der Waals surface area contributed by atoms with E-state index in [1.807, 2.05) is 36.5 Å². The Balaban J connectivity index is 1.43. The molecule has 3 rings (SSSR count). The Labute approximate surface area is 141 Å². The number of nitrogens with one attached hydrogen (secondary N) is 1. The van der Waals surface area contributed by atoms with Crippen molar-refractivity contribution in [2.24, 2.45) is 0 Å². The zero-order chi connectivity index (χ0) is 16.8. The van der Waals surface area contributed by atoms with Crippen molar-refractivity contribution < 1.29 is 14.3 Å². The van der Waals surface area contributed by atoms with Crippen molar-refractivity contribution in [1.29, 1.82) is 0 Å². The highest BCUT2D eigenvalue weighted by atomic mass is 16.5. The highest BCUT2D eigenvalue weighted by Crippen LogP contribution is 2.13. The summed E-state index contributed by atoms with van der Waals surface area (Å²) in [7, 11) is 0. The summed E-state index contributed by atoms with van der Waals surface area (Å²) in [5.74, 6) is -0.107. The molecular formula is C18H23N3O3. The Morgan fingerprint density at radius 3 is 2.96 bits per heavy atom. The maximum atomic E-state index is 12.1. The lowest BCUT2D eigenvalue weighted by Gasteiger charge is -2.16. The topological polar surface area (TPSA) is 65.4 Å². The number of carbonyl (C=O) groups is 1. The fourth-order valence-electron chi connectivity index (χ4n) is 2.62. The van der Waals surface area contributed by atoms with Crippen LogP contribution in [-0.2, 0) is 20.8 Å². The first kappa shape index (κ1) is 16.7. The van der Waals surface area contributed by atoms with E-state index in [4.69, 9.17) is 9.47 Å². The molecule has 24 heavy (non-hydrogen) atoms. The summed E-state index contributed by atoms with van der Waals surface area (Å²) in [6.07, 6.45) is 5.38. The third-order valence-corrected chi connectivity index (χ3v) is 4.10. The molecule has 0 spiro atoms. The van der Waals surface area contributed by atoms with Gasteiger partial charge in [0.15, 0.2) is 0 Å². The summed E-state index contributed by atoms with van der Waals surface area (Å²) >= 11 is 0. The molecule has 1 aliphatic rings. The van der Waals surface area contributed by atoms with E-state index in [1.54, 1.807) is 17.8 Å². The zero-order valence-corrected chi connectivity index (χ0v) is 13.9. The second kappa shape index (κ2) is 8.08. The van der Waals surface area contributed by atoms with Crippen LogP contribution in [0, 0.1) is 0 Å². The van der Waals surface area contributed by atoms with Gasteiger partial charge in [-0.2, -0.15) is 5.10 Å². The Bertz CT molecular complexity index is 634. The van der Waals surface area contributed by atoms with Crippen molar-refractivity contribution in [1.82, 2.24) is 15.1 Å². The lowest BCUT2D eigenvalue weighted by atomic mass is 10.2. The number of rotatable bonds is 7. The third kappa shape index (κ3) is 4.43. The van der Waals surface area contributed by atoms with Crippen molar-refractivity contribution >= 4 is 5.91 Å². The van der Waals surface area contributed by atoms with Crippen LogP contribution in [-0.4, -0.2) is 41.1 Å². The van der Waals surface area contributed by atoms with E-state index in [-0.39, 0.29) is 12.0 Å². The SMILES string of the molecule is C[C@H](OC[C@@H]1CCCO1)C(=O)NCc1ccc(-n2cccn2)cc1. The van der Waals surface area contributed by atoms with Crippen LogP contribution < -0.4 is 5.32 Å². The van der Waals surface area contributed by atoms with Gasteiger partial charge >= 0.3 is 0 Å². The molecule has 6 nitrogen and oxygen atoms in total. The number of hydrogen-bond donors (Lipinski definition) is 1. The summed E-state index contributed by atoms with van der Waals surface area (Å²) in [6.45, 7) is 3.52. The molecular weight excluding hydrogens is 306 g/mol. The molecule has 0 saturated carbocycles. The Morgan fingerprint density at radius 1 is 1.46 bits per heavy atom. The molecule has 1 saturated heterocycles. The number of aromatic nitrogens is 2. The predicted molar refractivity (Wildman–Crippen MR) is 89.8 cm³/mol. The first-order valence-corrected chi connectivity index (χ1v) is 8.32. The van der Waals surface area contributed by atoms with E-state index >= 15 is 0 Å². The summed E-state index contributed by atoms with van der Waals surface area (Å²) < 4.78 is 12.9. The highest BCUT2D eigenvalue weighted by molar-refractivity contribution is 5.80. The minimum atomic E-state index is -0.474. The molecule has 1 amide bonds. The third-order valence-electron chi connectivity index (χ3n) is 4.10. The second-order valence-corrected chi connectivity index (χ2v) is 5.95. The molecule has 1 N–H and O–H groups in total. The van der Waals surface area contributed by atoms with Gasteiger partial charge < -0.3 is 14.8 Å². The number of carbonyl (C=O) groups excluding carboxylic acids is 1. The molecule has 0 radical (unpaired) electrons. The van der Waals surface area contributed by atoms with Gasteiger partial charge in [0, 0.05) is 25.5 Å². The molecule has 0 bridgehead atoms. The average molecular weight is 329 g/mol. The minimum absolute atomic E-state index is 0.107. The van der Waals surface area contributed by atoms with Gasteiger partial charge in [0.2, 0.25) is 5.91 Å². The summed E-state index contributed by atoms with van der Waals surface area (Å²) in [5, 5.41) is 7.09. The van der Waals surface area contributed by atoms with Crippen LogP contribution in [0.25, 0.3) is 5.69 Å². The fourth-order valence-corrected chi connectivity index (χ4v) is 2.62. The lowest BCUT2D eigenvalue weighted by Crippen LogP contribution is -2.35. The van der Waals surface area contributed by atoms with E-state index in [0.29, 0.717) is 13.2 Å². The molecule has 0 unspecified atom stereocenters. The van der Waals surface area contributed by atoms with Crippen LogP contribution in [0.5, 0.6) is 0 Å².